The molecule has 0 radical (unpaired) electrons. The van der Waals surface area contributed by atoms with Gasteiger partial charge in [0.2, 0.25) is 0 Å². The van der Waals surface area contributed by atoms with Crippen molar-refractivity contribution in [3.63, 3.8) is 0 Å². The van der Waals surface area contributed by atoms with Crippen molar-refractivity contribution in [3.05, 3.63) is 27.7 Å². The van der Waals surface area contributed by atoms with Crippen LogP contribution >= 0.6 is 15.9 Å². The maximum absolute atomic E-state index is 5.34. The summed E-state index contributed by atoms with van der Waals surface area (Å²) in [4.78, 5) is 2.51. The molecule has 1 aliphatic rings. The number of aryl methyl sites for hydroxylation is 1. The minimum Gasteiger partial charge on any atom is -0.497 e. The Bertz CT molecular complexity index is 403. The first-order valence-electron chi connectivity index (χ1n) is 6.47. The minimum atomic E-state index is 0.950. The van der Waals surface area contributed by atoms with Crippen molar-refractivity contribution in [2.24, 2.45) is 0 Å². The van der Waals surface area contributed by atoms with Crippen LogP contribution in [0.1, 0.15) is 11.1 Å². The molecule has 18 heavy (non-hydrogen) atoms. The lowest BCUT2D eigenvalue weighted by molar-refractivity contribution is 0.243. The Morgan fingerprint density at radius 3 is 2.72 bits per heavy atom. The molecule has 100 valence electrons. The first-order valence-corrected chi connectivity index (χ1v) is 7.26. The van der Waals surface area contributed by atoms with E-state index in [-0.39, 0.29) is 0 Å². The summed E-state index contributed by atoms with van der Waals surface area (Å²) >= 11 is 3.68. The Hall–Kier alpha value is -0.580. The molecule has 1 saturated heterocycles. The lowest BCUT2D eigenvalue weighted by Crippen LogP contribution is -2.44. The van der Waals surface area contributed by atoms with E-state index >= 15 is 0 Å². The van der Waals surface area contributed by atoms with Gasteiger partial charge in [-0.25, -0.2) is 0 Å². The van der Waals surface area contributed by atoms with Gasteiger partial charge in [-0.15, -0.1) is 0 Å². The average molecular weight is 313 g/mol. The Balaban J connectivity index is 2.01. The van der Waals surface area contributed by atoms with Crippen LogP contribution in [0.25, 0.3) is 0 Å². The zero-order chi connectivity index (χ0) is 13.0. The monoisotopic (exact) mass is 312 g/mol. The highest BCUT2D eigenvalue weighted by molar-refractivity contribution is 9.10. The number of rotatable bonds is 4. The number of piperazine rings is 1. The van der Waals surface area contributed by atoms with Gasteiger partial charge in [-0.3, -0.25) is 0 Å². The van der Waals surface area contributed by atoms with Gasteiger partial charge in [0.15, 0.2) is 0 Å². The van der Waals surface area contributed by atoms with Gasteiger partial charge in [-0.05, 0) is 36.6 Å². The number of hydrogen-bond acceptors (Lipinski definition) is 3. The zero-order valence-electron chi connectivity index (χ0n) is 11.1. The van der Waals surface area contributed by atoms with Crippen molar-refractivity contribution >= 4 is 15.9 Å². The Morgan fingerprint density at radius 2 is 2.06 bits per heavy atom. The van der Waals surface area contributed by atoms with Crippen LogP contribution < -0.4 is 10.1 Å². The molecule has 0 bridgehead atoms. The van der Waals surface area contributed by atoms with Gasteiger partial charge in [0.1, 0.15) is 5.75 Å². The average Bonchev–Trinajstić information content (AvgIpc) is 2.41. The number of ether oxygens (including phenoxy) is 1. The SMILES string of the molecule is COc1cc(C)c(Br)c(CCN2CCNCC2)c1. The van der Waals surface area contributed by atoms with E-state index in [0.717, 1.165) is 44.9 Å². The van der Waals surface area contributed by atoms with Gasteiger partial charge in [-0.1, -0.05) is 15.9 Å². The fourth-order valence-electron chi connectivity index (χ4n) is 2.32. The quantitative estimate of drug-likeness (QED) is 0.922. The molecule has 1 N–H and O–H groups in total. The second-order valence-electron chi connectivity index (χ2n) is 4.76. The second kappa shape index (κ2) is 6.55. The zero-order valence-corrected chi connectivity index (χ0v) is 12.7. The third-order valence-corrected chi connectivity index (χ3v) is 4.58. The standard InChI is InChI=1S/C14H21BrN2O/c1-11-9-13(18-2)10-12(14(11)15)3-6-17-7-4-16-5-8-17/h9-10,16H,3-8H2,1-2H3. The molecule has 0 unspecified atom stereocenters. The van der Waals surface area contributed by atoms with Crippen molar-refractivity contribution in [3.8, 4) is 5.75 Å². The van der Waals surface area contributed by atoms with Crippen molar-refractivity contribution in [1.82, 2.24) is 10.2 Å². The van der Waals surface area contributed by atoms with Crippen LogP contribution in [0.4, 0.5) is 0 Å². The third-order valence-electron chi connectivity index (χ3n) is 3.45. The molecule has 3 nitrogen and oxygen atoms in total. The van der Waals surface area contributed by atoms with Gasteiger partial charge >= 0.3 is 0 Å². The number of nitrogens with one attached hydrogen (secondary N) is 1. The smallest absolute Gasteiger partial charge is 0.119 e. The molecule has 0 aromatic heterocycles. The molecule has 0 aliphatic carbocycles. The first kappa shape index (κ1) is 13.8. The summed E-state index contributed by atoms with van der Waals surface area (Å²) in [6.07, 6.45) is 1.07. The van der Waals surface area contributed by atoms with E-state index in [4.69, 9.17) is 4.74 Å². The maximum Gasteiger partial charge on any atom is 0.119 e. The van der Waals surface area contributed by atoms with Gasteiger partial charge in [-0.2, -0.15) is 0 Å². The molecule has 1 aromatic carbocycles. The van der Waals surface area contributed by atoms with Gasteiger partial charge in [0.25, 0.3) is 0 Å². The highest BCUT2D eigenvalue weighted by atomic mass is 79.9. The predicted molar refractivity (Wildman–Crippen MR) is 78.4 cm³/mol. The largest absolute Gasteiger partial charge is 0.497 e. The van der Waals surface area contributed by atoms with E-state index in [1.54, 1.807) is 7.11 Å². The highest BCUT2D eigenvalue weighted by Crippen LogP contribution is 2.27. The summed E-state index contributed by atoms with van der Waals surface area (Å²) in [5.74, 6) is 0.950. The Kier molecular flexibility index (Phi) is 5.03. The predicted octanol–water partition coefficient (Wildman–Crippen LogP) is 2.21. The van der Waals surface area contributed by atoms with Crippen LogP contribution in [0.2, 0.25) is 0 Å². The molecule has 1 aromatic rings. The molecule has 1 heterocycles. The summed E-state index contributed by atoms with van der Waals surface area (Å²) in [5.41, 5.74) is 2.58. The second-order valence-corrected chi connectivity index (χ2v) is 5.55. The normalized spacial score (nSPS) is 16.8. The van der Waals surface area contributed by atoms with E-state index in [2.05, 4.69) is 45.2 Å². The lowest BCUT2D eigenvalue weighted by Gasteiger charge is -2.27. The van der Waals surface area contributed by atoms with E-state index in [0.29, 0.717) is 0 Å². The molecule has 0 saturated carbocycles. The van der Waals surface area contributed by atoms with Crippen LogP contribution in [0.5, 0.6) is 5.75 Å². The summed E-state index contributed by atoms with van der Waals surface area (Å²) in [7, 11) is 1.72. The number of benzene rings is 1. The van der Waals surface area contributed by atoms with Crippen LogP contribution in [-0.2, 0) is 6.42 Å². The molecule has 0 spiro atoms. The van der Waals surface area contributed by atoms with Crippen LogP contribution in [0, 0.1) is 6.92 Å². The van der Waals surface area contributed by atoms with Crippen molar-refractivity contribution in [1.29, 1.82) is 0 Å². The molecule has 0 amide bonds. The number of hydrogen-bond donors (Lipinski definition) is 1. The van der Waals surface area contributed by atoms with Crippen molar-refractivity contribution in [2.75, 3.05) is 39.8 Å². The van der Waals surface area contributed by atoms with E-state index in [1.807, 2.05) is 0 Å². The fraction of sp³-hybridized carbons (Fsp3) is 0.571. The summed E-state index contributed by atoms with van der Waals surface area (Å²) in [6, 6.07) is 4.21. The molecular formula is C14H21BrN2O. The van der Waals surface area contributed by atoms with Crippen LogP contribution in [-0.4, -0.2) is 44.7 Å². The van der Waals surface area contributed by atoms with Gasteiger partial charge in [0.05, 0.1) is 7.11 Å². The van der Waals surface area contributed by atoms with Crippen LogP contribution in [0.15, 0.2) is 16.6 Å². The third kappa shape index (κ3) is 3.46. The number of nitrogens with zero attached hydrogens (tertiary/aromatic N) is 1. The molecular weight excluding hydrogens is 292 g/mol. The number of methoxy groups -OCH3 is 1. The van der Waals surface area contributed by atoms with E-state index in [1.165, 1.54) is 15.6 Å². The molecule has 1 aliphatic heterocycles. The molecule has 1 fully saturated rings. The maximum atomic E-state index is 5.34. The summed E-state index contributed by atoms with van der Waals surface area (Å²) < 4.78 is 6.56. The molecule has 0 atom stereocenters. The van der Waals surface area contributed by atoms with Gasteiger partial charge < -0.3 is 15.0 Å². The first-order chi connectivity index (χ1) is 8.70. The Morgan fingerprint density at radius 1 is 1.33 bits per heavy atom. The van der Waals surface area contributed by atoms with E-state index in [9.17, 15) is 0 Å². The minimum absolute atomic E-state index is 0.950. The summed E-state index contributed by atoms with van der Waals surface area (Å²) in [6.45, 7) is 7.76. The highest BCUT2D eigenvalue weighted by Gasteiger charge is 2.11. The van der Waals surface area contributed by atoms with E-state index < -0.39 is 0 Å². The Labute approximate surface area is 118 Å². The molecule has 2 rings (SSSR count). The van der Waals surface area contributed by atoms with Crippen molar-refractivity contribution < 1.29 is 4.74 Å². The van der Waals surface area contributed by atoms with Crippen molar-refractivity contribution in [2.45, 2.75) is 13.3 Å². The van der Waals surface area contributed by atoms with Gasteiger partial charge in [0, 0.05) is 37.2 Å². The topological polar surface area (TPSA) is 24.5 Å². The number of halogens is 1. The summed E-state index contributed by atoms with van der Waals surface area (Å²) in [5, 5.41) is 3.38. The van der Waals surface area contributed by atoms with Crippen LogP contribution in [0.3, 0.4) is 0 Å². The molecule has 4 heteroatoms. The lowest BCUT2D eigenvalue weighted by atomic mass is 10.1. The fourth-order valence-corrected chi connectivity index (χ4v) is 2.75.